The Hall–Kier alpha value is -2.43. The standard InChI is InChI=1S/C16H15NO4/c1-21-16(18)11-7-6-10-8-14(13(10)9-11)12-4-2-3-5-15(12)17(19)20/h2-5,8-10,13H,6-7H2,1H3. The van der Waals surface area contributed by atoms with Crippen molar-refractivity contribution in [3.63, 3.8) is 0 Å². The van der Waals surface area contributed by atoms with Crippen LogP contribution in [-0.2, 0) is 9.53 Å². The van der Waals surface area contributed by atoms with Crippen LogP contribution >= 0.6 is 0 Å². The molecule has 2 aliphatic carbocycles. The molecule has 0 amide bonds. The van der Waals surface area contributed by atoms with Gasteiger partial charge in [-0.15, -0.1) is 0 Å². The smallest absolute Gasteiger partial charge is 0.333 e. The minimum Gasteiger partial charge on any atom is -0.466 e. The van der Waals surface area contributed by atoms with Gasteiger partial charge in [0.1, 0.15) is 0 Å². The van der Waals surface area contributed by atoms with Crippen molar-refractivity contribution in [2.24, 2.45) is 11.8 Å². The van der Waals surface area contributed by atoms with E-state index < -0.39 is 0 Å². The number of hydrogen-bond donors (Lipinski definition) is 0. The number of para-hydroxylation sites is 1. The van der Waals surface area contributed by atoms with Crippen molar-refractivity contribution in [3.8, 4) is 0 Å². The molecule has 0 radical (unpaired) electrons. The third kappa shape index (κ3) is 2.24. The van der Waals surface area contributed by atoms with Crippen molar-refractivity contribution >= 4 is 17.2 Å². The molecular formula is C16H15NO4. The molecule has 0 saturated carbocycles. The van der Waals surface area contributed by atoms with Gasteiger partial charge >= 0.3 is 5.97 Å². The van der Waals surface area contributed by atoms with Gasteiger partial charge in [-0.1, -0.05) is 24.3 Å². The van der Waals surface area contributed by atoms with E-state index in [1.54, 1.807) is 18.2 Å². The van der Waals surface area contributed by atoms with E-state index in [4.69, 9.17) is 4.74 Å². The van der Waals surface area contributed by atoms with Gasteiger partial charge in [-0.3, -0.25) is 10.1 Å². The summed E-state index contributed by atoms with van der Waals surface area (Å²) in [6.45, 7) is 0. The molecule has 21 heavy (non-hydrogen) atoms. The Morgan fingerprint density at radius 3 is 2.81 bits per heavy atom. The first-order chi connectivity index (χ1) is 10.1. The number of fused-ring (bicyclic) bond motifs is 1. The molecule has 0 spiro atoms. The summed E-state index contributed by atoms with van der Waals surface area (Å²) in [7, 11) is 1.37. The van der Waals surface area contributed by atoms with Crippen molar-refractivity contribution in [1.29, 1.82) is 0 Å². The lowest BCUT2D eigenvalue weighted by atomic mass is 9.66. The second-order valence-corrected chi connectivity index (χ2v) is 5.31. The molecule has 3 rings (SSSR count). The Morgan fingerprint density at radius 2 is 2.10 bits per heavy atom. The number of hydrogen-bond acceptors (Lipinski definition) is 4. The molecule has 5 heteroatoms. The number of ether oxygens (including phenoxy) is 1. The molecule has 2 unspecified atom stereocenters. The molecule has 0 fully saturated rings. The number of allylic oxidation sites excluding steroid dienone is 3. The monoisotopic (exact) mass is 285 g/mol. The maximum atomic E-state index is 11.6. The first kappa shape index (κ1) is 13.5. The summed E-state index contributed by atoms with van der Waals surface area (Å²) in [6, 6.07) is 6.73. The van der Waals surface area contributed by atoms with Gasteiger partial charge in [-0.05, 0) is 30.4 Å². The normalized spacial score (nSPS) is 23.3. The first-order valence-corrected chi connectivity index (χ1v) is 6.86. The van der Waals surface area contributed by atoms with Crippen LogP contribution in [0.5, 0.6) is 0 Å². The number of nitro groups is 1. The van der Waals surface area contributed by atoms with Crippen LogP contribution in [0, 0.1) is 22.0 Å². The highest BCUT2D eigenvalue weighted by atomic mass is 16.6. The van der Waals surface area contributed by atoms with Crippen molar-refractivity contribution in [2.75, 3.05) is 7.11 Å². The number of carbonyl (C=O) groups is 1. The van der Waals surface area contributed by atoms with Gasteiger partial charge in [0.05, 0.1) is 17.6 Å². The van der Waals surface area contributed by atoms with Gasteiger partial charge in [-0.25, -0.2) is 4.79 Å². The van der Waals surface area contributed by atoms with E-state index in [0.717, 1.165) is 12.0 Å². The zero-order chi connectivity index (χ0) is 15.0. The molecule has 1 aromatic rings. The summed E-state index contributed by atoms with van der Waals surface area (Å²) in [5.41, 5.74) is 2.36. The van der Waals surface area contributed by atoms with Gasteiger partial charge in [0.2, 0.25) is 0 Å². The largest absolute Gasteiger partial charge is 0.466 e. The quantitative estimate of drug-likeness (QED) is 0.486. The summed E-state index contributed by atoms with van der Waals surface area (Å²) in [4.78, 5) is 22.4. The highest BCUT2D eigenvalue weighted by molar-refractivity contribution is 5.90. The van der Waals surface area contributed by atoms with Gasteiger partial charge in [0.15, 0.2) is 0 Å². The van der Waals surface area contributed by atoms with E-state index in [-0.39, 0.29) is 22.5 Å². The molecule has 5 nitrogen and oxygen atoms in total. The van der Waals surface area contributed by atoms with Crippen molar-refractivity contribution < 1.29 is 14.5 Å². The van der Waals surface area contributed by atoms with Crippen LogP contribution in [0.1, 0.15) is 18.4 Å². The second kappa shape index (κ2) is 5.16. The molecule has 2 atom stereocenters. The van der Waals surface area contributed by atoms with E-state index in [2.05, 4.69) is 6.08 Å². The van der Waals surface area contributed by atoms with Crippen LogP contribution < -0.4 is 0 Å². The zero-order valence-corrected chi connectivity index (χ0v) is 11.6. The van der Waals surface area contributed by atoms with Crippen molar-refractivity contribution in [2.45, 2.75) is 12.8 Å². The molecule has 0 saturated heterocycles. The Labute approximate surface area is 122 Å². The number of methoxy groups -OCH3 is 1. The maximum absolute atomic E-state index is 11.6. The molecule has 0 bridgehead atoms. The van der Waals surface area contributed by atoms with E-state index in [1.807, 2.05) is 6.08 Å². The molecule has 1 aromatic carbocycles. The van der Waals surface area contributed by atoms with Crippen LogP contribution in [0.15, 0.2) is 42.0 Å². The molecule has 2 aliphatic rings. The maximum Gasteiger partial charge on any atom is 0.333 e. The van der Waals surface area contributed by atoms with Crippen molar-refractivity contribution in [3.05, 3.63) is 57.7 Å². The highest BCUT2D eigenvalue weighted by Crippen LogP contribution is 2.49. The van der Waals surface area contributed by atoms with Gasteiger partial charge in [0.25, 0.3) is 5.69 Å². The fourth-order valence-electron chi connectivity index (χ4n) is 3.10. The zero-order valence-electron chi connectivity index (χ0n) is 11.6. The molecule has 0 heterocycles. The number of benzene rings is 1. The SMILES string of the molecule is COC(=O)C1=CC2C(c3ccccc3[N+](=O)[O-])=CC2CC1. The minimum absolute atomic E-state index is 0.0777. The lowest BCUT2D eigenvalue weighted by molar-refractivity contribution is -0.385. The van der Waals surface area contributed by atoms with Crippen LogP contribution in [0.3, 0.4) is 0 Å². The lowest BCUT2D eigenvalue weighted by Gasteiger charge is -2.37. The van der Waals surface area contributed by atoms with Gasteiger partial charge in [-0.2, -0.15) is 0 Å². The van der Waals surface area contributed by atoms with Crippen LogP contribution in [0.4, 0.5) is 5.69 Å². The Morgan fingerprint density at radius 1 is 1.33 bits per heavy atom. The Balaban J connectivity index is 1.95. The first-order valence-electron chi connectivity index (χ1n) is 6.86. The molecule has 108 valence electrons. The van der Waals surface area contributed by atoms with E-state index in [1.165, 1.54) is 13.2 Å². The number of rotatable bonds is 3. The molecule has 0 aliphatic heterocycles. The third-order valence-electron chi connectivity index (χ3n) is 4.20. The number of nitrogens with zero attached hydrogens (tertiary/aromatic N) is 1. The lowest BCUT2D eigenvalue weighted by Crippen LogP contribution is -2.28. The topological polar surface area (TPSA) is 69.4 Å². The number of nitro benzene ring substituents is 1. The van der Waals surface area contributed by atoms with Crippen LogP contribution in [0.25, 0.3) is 5.57 Å². The predicted octanol–water partition coefficient (Wildman–Crippen LogP) is 3.12. The Bertz CT molecular complexity index is 675. The van der Waals surface area contributed by atoms with Gasteiger partial charge < -0.3 is 4.74 Å². The van der Waals surface area contributed by atoms with Crippen molar-refractivity contribution in [1.82, 2.24) is 0 Å². The number of carbonyl (C=O) groups excluding carboxylic acids is 1. The second-order valence-electron chi connectivity index (χ2n) is 5.31. The summed E-state index contributed by atoms with van der Waals surface area (Å²) >= 11 is 0. The summed E-state index contributed by atoms with van der Waals surface area (Å²) in [5.74, 6) is 0.143. The highest BCUT2D eigenvalue weighted by Gasteiger charge is 2.38. The minimum atomic E-state index is -0.364. The third-order valence-corrected chi connectivity index (χ3v) is 4.20. The fraction of sp³-hybridized carbons (Fsp3) is 0.312. The average Bonchev–Trinajstić information content (AvgIpc) is 2.48. The van der Waals surface area contributed by atoms with E-state index >= 15 is 0 Å². The Kier molecular flexibility index (Phi) is 3.33. The van der Waals surface area contributed by atoms with E-state index in [0.29, 0.717) is 23.5 Å². The van der Waals surface area contributed by atoms with E-state index in [9.17, 15) is 14.9 Å². The number of esters is 1. The summed E-state index contributed by atoms with van der Waals surface area (Å²) < 4.78 is 4.77. The predicted molar refractivity (Wildman–Crippen MR) is 77.4 cm³/mol. The summed E-state index contributed by atoms with van der Waals surface area (Å²) in [6.07, 6.45) is 5.58. The summed E-state index contributed by atoms with van der Waals surface area (Å²) in [5, 5.41) is 11.1. The van der Waals surface area contributed by atoms with Crippen LogP contribution in [-0.4, -0.2) is 18.0 Å². The molecule has 0 aromatic heterocycles. The fourth-order valence-corrected chi connectivity index (χ4v) is 3.10. The molecule has 0 N–H and O–H groups in total. The van der Waals surface area contributed by atoms with Crippen LogP contribution in [0.2, 0.25) is 0 Å². The average molecular weight is 285 g/mol. The van der Waals surface area contributed by atoms with Gasteiger partial charge in [0, 0.05) is 17.6 Å². The molecular weight excluding hydrogens is 270 g/mol.